The lowest BCUT2D eigenvalue weighted by Crippen LogP contribution is -2.22. The average Bonchev–Trinajstić information content (AvgIpc) is 2.46. The first-order valence-electron chi connectivity index (χ1n) is 7.34. The van der Waals surface area contributed by atoms with Gasteiger partial charge in [-0.05, 0) is 29.2 Å². The lowest BCUT2D eigenvalue weighted by molar-refractivity contribution is 0.102. The van der Waals surface area contributed by atoms with Gasteiger partial charge in [0, 0.05) is 26.0 Å². The second kappa shape index (κ2) is 6.18. The Morgan fingerprint density at radius 1 is 1.09 bits per heavy atom. The Bertz CT molecular complexity index is 672. The minimum Gasteiger partial charge on any atom is -0.362 e. The number of nitrogens with one attached hydrogen (secondary N) is 1. The van der Waals surface area contributed by atoms with Crippen molar-refractivity contribution < 1.29 is 4.79 Å². The molecular formula is C18H23N3O. The summed E-state index contributed by atoms with van der Waals surface area (Å²) in [5.74, 6) is 0.515. The first-order chi connectivity index (χ1) is 10.3. The maximum Gasteiger partial charge on any atom is 0.259 e. The van der Waals surface area contributed by atoms with Crippen LogP contribution in [0.15, 0.2) is 42.6 Å². The molecule has 0 aliphatic heterocycles. The van der Waals surface area contributed by atoms with Crippen LogP contribution in [0.3, 0.4) is 0 Å². The molecule has 0 aliphatic carbocycles. The van der Waals surface area contributed by atoms with Crippen molar-refractivity contribution in [3.05, 3.63) is 53.7 Å². The summed E-state index contributed by atoms with van der Waals surface area (Å²) >= 11 is 0. The van der Waals surface area contributed by atoms with Gasteiger partial charge in [0.1, 0.15) is 5.82 Å². The van der Waals surface area contributed by atoms with E-state index < -0.39 is 0 Å². The first kappa shape index (κ1) is 16.0. The molecule has 1 aromatic heterocycles. The van der Waals surface area contributed by atoms with Crippen LogP contribution in [0.4, 0.5) is 11.5 Å². The lowest BCUT2D eigenvalue weighted by atomic mass is 9.86. The van der Waals surface area contributed by atoms with E-state index in [9.17, 15) is 4.79 Å². The Morgan fingerprint density at radius 3 is 2.41 bits per heavy atom. The summed E-state index contributed by atoms with van der Waals surface area (Å²) in [5, 5.41) is 3.02. The maximum atomic E-state index is 12.6. The number of benzene rings is 1. The Kier molecular flexibility index (Phi) is 4.50. The molecule has 1 N–H and O–H groups in total. The monoisotopic (exact) mass is 297 g/mol. The van der Waals surface area contributed by atoms with E-state index in [1.54, 1.807) is 18.3 Å². The molecule has 1 amide bonds. The Morgan fingerprint density at radius 2 is 1.77 bits per heavy atom. The van der Waals surface area contributed by atoms with Crippen LogP contribution in [0.1, 0.15) is 36.7 Å². The molecule has 4 nitrogen and oxygen atoms in total. The van der Waals surface area contributed by atoms with E-state index in [4.69, 9.17) is 0 Å². The van der Waals surface area contributed by atoms with E-state index >= 15 is 0 Å². The van der Waals surface area contributed by atoms with Crippen LogP contribution in [-0.4, -0.2) is 25.0 Å². The molecule has 116 valence electrons. The number of hydrogen-bond donors (Lipinski definition) is 1. The van der Waals surface area contributed by atoms with Gasteiger partial charge in [0.25, 0.3) is 5.91 Å². The number of carbonyl (C=O) groups is 1. The van der Waals surface area contributed by atoms with Crippen LogP contribution >= 0.6 is 0 Å². The van der Waals surface area contributed by atoms with Crippen LogP contribution in [-0.2, 0) is 5.41 Å². The van der Waals surface area contributed by atoms with Crippen molar-refractivity contribution in [1.82, 2.24) is 4.98 Å². The van der Waals surface area contributed by atoms with Crippen LogP contribution < -0.4 is 10.2 Å². The fourth-order valence-electron chi connectivity index (χ4n) is 2.37. The number of rotatable bonds is 3. The molecule has 0 fully saturated rings. The zero-order valence-corrected chi connectivity index (χ0v) is 13.8. The van der Waals surface area contributed by atoms with E-state index in [0.29, 0.717) is 11.4 Å². The first-order valence-corrected chi connectivity index (χ1v) is 7.34. The van der Waals surface area contributed by atoms with Crippen molar-refractivity contribution in [1.29, 1.82) is 0 Å². The molecule has 4 heteroatoms. The summed E-state index contributed by atoms with van der Waals surface area (Å²) in [7, 11) is 3.75. The number of amides is 1. The summed E-state index contributed by atoms with van der Waals surface area (Å²) in [6, 6.07) is 11.5. The number of para-hydroxylation sites is 1. The molecule has 0 aliphatic rings. The number of nitrogens with zero attached hydrogens (tertiary/aromatic N) is 2. The summed E-state index contributed by atoms with van der Waals surface area (Å²) in [6.45, 7) is 6.40. The van der Waals surface area contributed by atoms with Crippen LogP contribution in [0, 0.1) is 0 Å². The quantitative estimate of drug-likeness (QED) is 0.939. The molecule has 2 rings (SSSR count). The largest absolute Gasteiger partial charge is 0.362 e. The Hall–Kier alpha value is -2.36. The van der Waals surface area contributed by atoms with Crippen LogP contribution in [0.5, 0.6) is 0 Å². The second-order valence-electron chi connectivity index (χ2n) is 6.52. The second-order valence-corrected chi connectivity index (χ2v) is 6.52. The zero-order chi connectivity index (χ0) is 16.3. The van der Waals surface area contributed by atoms with Gasteiger partial charge in [0.15, 0.2) is 0 Å². The topological polar surface area (TPSA) is 45.2 Å². The molecule has 1 aromatic carbocycles. The van der Waals surface area contributed by atoms with Gasteiger partial charge in [-0.15, -0.1) is 0 Å². The van der Waals surface area contributed by atoms with E-state index in [1.807, 2.05) is 43.3 Å². The SMILES string of the molecule is CN(C)c1ncccc1C(=O)Nc1ccccc1C(C)(C)C. The van der Waals surface area contributed by atoms with E-state index in [1.165, 1.54) is 0 Å². The highest BCUT2D eigenvalue weighted by Gasteiger charge is 2.20. The van der Waals surface area contributed by atoms with Gasteiger partial charge in [-0.25, -0.2) is 4.98 Å². The summed E-state index contributed by atoms with van der Waals surface area (Å²) in [4.78, 5) is 18.8. The highest BCUT2D eigenvalue weighted by atomic mass is 16.1. The van der Waals surface area contributed by atoms with Gasteiger partial charge >= 0.3 is 0 Å². The molecule has 0 atom stereocenters. The lowest BCUT2D eigenvalue weighted by Gasteiger charge is -2.23. The van der Waals surface area contributed by atoms with Gasteiger partial charge in [0.05, 0.1) is 5.56 Å². The summed E-state index contributed by atoms with van der Waals surface area (Å²) in [6.07, 6.45) is 1.69. The Labute approximate surface area is 132 Å². The van der Waals surface area contributed by atoms with Crippen molar-refractivity contribution in [2.24, 2.45) is 0 Å². The number of hydrogen-bond acceptors (Lipinski definition) is 3. The third-order valence-electron chi connectivity index (χ3n) is 3.44. The molecule has 1 heterocycles. The predicted molar refractivity (Wildman–Crippen MR) is 91.7 cm³/mol. The molecule has 0 radical (unpaired) electrons. The standard InChI is InChI=1S/C18H23N3O/c1-18(2,3)14-10-6-7-11-15(14)20-17(22)13-9-8-12-19-16(13)21(4)5/h6-12H,1-5H3,(H,20,22). The highest BCUT2D eigenvalue weighted by molar-refractivity contribution is 6.07. The minimum atomic E-state index is -0.145. The molecule has 0 unspecified atom stereocenters. The average molecular weight is 297 g/mol. The normalized spacial score (nSPS) is 11.1. The van der Waals surface area contributed by atoms with Gasteiger partial charge in [-0.2, -0.15) is 0 Å². The van der Waals surface area contributed by atoms with E-state index in [2.05, 4.69) is 31.1 Å². The predicted octanol–water partition coefficient (Wildman–Crippen LogP) is 3.70. The molecule has 0 saturated carbocycles. The third kappa shape index (κ3) is 3.45. The number of carbonyl (C=O) groups excluding carboxylic acids is 1. The van der Waals surface area contributed by atoms with Crippen molar-refractivity contribution >= 4 is 17.4 Å². The molecule has 0 bridgehead atoms. The van der Waals surface area contributed by atoms with Gasteiger partial charge in [-0.3, -0.25) is 4.79 Å². The highest BCUT2D eigenvalue weighted by Crippen LogP contribution is 2.29. The minimum absolute atomic E-state index is 0.0385. The Balaban J connectivity index is 2.35. The molecular weight excluding hydrogens is 274 g/mol. The van der Waals surface area contributed by atoms with Crippen molar-refractivity contribution in [3.63, 3.8) is 0 Å². The van der Waals surface area contributed by atoms with Gasteiger partial charge in [-0.1, -0.05) is 39.0 Å². The van der Waals surface area contributed by atoms with E-state index in [0.717, 1.165) is 11.3 Å². The third-order valence-corrected chi connectivity index (χ3v) is 3.44. The van der Waals surface area contributed by atoms with Crippen LogP contribution in [0.2, 0.25) is 0 Å². The maximum absolute atomic E-state index is 12.6. The van der Waals surface area contributed by atoms with Gasteiger partial charge < -0.3 is 10.2 Å². The molecule has 22 heavy (non-hydrogen) atoms. The van der Waals surface area contributed by atoms with Gasteiger partial charge in [0.2, 0.25) is 0 Å². The summed E-state index contributed by atoms with van der Waals surface area (Å²) < 4.78 is 0. The summed E-state index contributed by atoms with van der Waals surface area (Å²) in [5.41, 5.74) is 2.48. The number of pyridine rings is 1. The zero-order valence-electron chi connectivity index (χ0n) is 13.8. The molecule has 0 saturated heterocycles. The molecule has 2 aromatic rings. The smallest absolute Gasteiger partial charge is 0.259 e. The van der Waals surface area contributed by atoms with E-state index in [-0.39, 0.29) is 11.3 Å². The molecule has 0 spiro atoms. The number of anilines is 2. The van der Waals surface area contributed by atoms with Crippen molar-refractivity contribution in [3.8, 4) is 0 Å². The van der Waals surface area contributed by atoms with Crippen LogP contribution in [0.25, 0.3) is 0 Å². The van der Waals surface area contributed by atoms with Crippen molar-refractivity contribution in [2.45, 2.75) is 26.2 Å². The van der Waals surface area contributed by atoms with Crippen molar-refractivity contribution in [2.75, 3.05) is 24.3 Å². The number of aromatic nitrogens is 1. The fourth-order valence-corrected chi connectivity index (χ4v) is 2.37. The fraction of sp³-hybridized carbons (Fsp3) is 0.333.